The molecule has 1 saturated carbocycles. The van der Waals surface area contributed by atoms with E-state index in [2.05, 4.69) is 0 Å². The second-order valence-electron chi connectivity index (χ2n) is 7.07. The van der Waals surface area contributed by atoms with Crippen LogP contribution in [0.25, 0.3) is 0 Å². The zero-order chi connectivity index (χ0) is 17.6. The second kappa shape index (κ2) is 5.66. The molecule has 0 radical (unpaired) electrons. The number of benzene rings is 2. The van der Waals surface area contributed by atoms with Crippen molar-refractivity contribution in [2.75, 3.05) is 0 Å². The highest BCUT2D eigenvalue weighted by molar-refractivity contribution is 6.13. The molecule has 0 spiro atoms. The van der Waals surface area contributed by atoms with E-state index in [1.165, 1.54) is 6.07 Å². The first-order chi connectivity index (χ1) is 12.0. The summed E-state index contributed by atoms with van der Waals surface area (Å²) in [7, 11) is 0. The standard InChI is InChI=1S/C21H18O4/c22-16-6-7-18-13(9-16)8-14(20(18)25)11-21(12-17(23)10-19(21)24)15-4-2-1-3-5-15/h1-7,9,14,22H,8,10-12H2. The molecule has 0 aliphatic heterocycles. The summed E-state index contributed by atoms with van der Waals surface area (Å²) in [4.78, 5) is 37.6. The van der Waals surface area contributed by atoms with Gasteiger partial charge in [0.25, 0.3) is 0 Å². The van der Waals surface area contributed by atoms with Crippen LogP contribution in [0.2, 0.25) is 0 Å². The van der Waals surface area contributed by atoms with E-state index in [0.29, 0.717) is 18.4 Å². The maximum absolute atomic E-state index is 12.8. The first-order valence-electron chi connectivity index (χ1n) is 8.46. The Hall–Kier alpha value is -2.75. The molecule has 4 heteroatoms. The van der Waals surface area contributed by atoms with Crippen LogP contribution in [0.5, 0.6) is 5.75 Å². The van der Waals surface area contributed by atoms with Crippen LogP contribution in [0.1, 0.15) is 40.7 Å². The van der Waals surface area contributed by atoms with E-state index in [4.69, 9.17) is 0 Å². The third kappa shape index (κ3) is 2.49. The van der Waals surface area contributed by atoms with Gasteiger partial charge in [0.2, 0.25) is 0 Å². The molecule has 126 valence electrons. The number of phenolic OH excluding ortho intramolecular Hbond substituents is 1. The van der Waals surface area contributed by atoms with Crippen molar-refractivity contribution in [2.45, 2.75) is 31.1 Å². The fourth-order valence-electron chi connectivity index (χ4n) is 4.32. The van der Waals surface area contributed by atoms with Crippen molar-refractivity contribution in [3.63, 3.8) is 0 Å². The average molecular weight is 334 g/mol. The van der Waals surface area contributed by atoms with Crippen molar-refractivity contribution in [2.24, 2.45) is 5.92 Å². The van der Waals surface area contributed by atoms with Gasteiger partial charge in [-0.15, -0.1) is 0 Å². The number of ketones is 3. The van der Waals surface area contributed by atoms with Crippen molar-refractivity contribution in [1.82, 2.24) is 0 Å². The minimum Gasteiger partial charge on any atom is -0.508 e. The Morgan fingerprint density at radius 3 is 2.48 bits per heavy atom. The molecule has 0 saturated heterocycles. The van der Waals surface area contributed by atoms with Gasteiger partial charge in [-0.3, -0.25) is 14.4 Å². The number of fused-ring (bicyclic) bond motifs is 1. The van der Waals surface area contributed by atoms with Gasteiger partial charge in [0.1, 0.15) is 11.5 Å². The Labute approximate surface area is 145 Å². The highest BCUT2D eigenvalue weighted by Gasteiger charge is 2.50. The zero-order valence-corrected chi connectivity index (χ0v) is 13.7. The summed E-state index contributed by atoms with van der Waals surface area (Å²) in [5, 5.41) is 9.65. The predicted octanol–water partition coefficient (Wildman–Crippen LogP) is 3.01. The predicted molar refractivity (Wildman–Crippen MR) is 91.6 cm³/mol. The van der Waals surface area contributed by atoms with Crippen molar-refractivity contribution in [3.8, 4) is 5.75 Å². The van der Waals surface area contributed by atoms with Crippen LogP contribution in [0.3, 0.4) is 0 Å². The SMILES string of the molecule is O=C1CC(=O)C(CC2Cc3cc(O)ccc3C2=O)(c2ccccc2)C1. The molecule has 2 aliphatic carbocycles. The summed E-state index contributed by atoms with van der Waals surface area (Å²) < 4.78 is 0. The van der Waals surface area contributed by atoms with Crippen LogP contribution in [-0.2, 0) is 21.4 Å². The quantitative estimate of drug-likeness (QED) is 0.876. The minimum absolute atomic E-state index is 0.00236. The number of hydrogen-bond donors (Lipinski definition) is 1. The molecule has 0 aromatic heterocycles. The van der Waals surface area contributed by atoms with Crippen LogP contribution in [0.15, 0.2) is 48.5 Å². The topological polar surface area (TPSA) is 71.4 Å². The van der Waals surface area contributed by atoms with Gasteiger partial charge in [-0.1, -0.05) is 30.3 Å². The summed E-state index contributed by atoms with van der Waals surface area (Å²) in [5.41, 5.74) is 1.35. The fraction of sp³-hybridized carbons (Fsp3) is 0.286. The second-order valence-corrected chi connectivity index (χ2v) is 7.07. The van der Waals surface area contributed by atoms with Crippen molar-refractivity contribution >= 4 is 17.3 Å². The Kier molecular flexibility index (Phi) is 3.57. The van der Waals surface area contributed by atoms with Gasteiger partial charge in [-0.25, -0.2) is 0 Å². The number of aromatic hydroxyl groups is 1. The van der Waals surface area contributed by atoms with E-state index >= 15 is 0 Å². The molecule has 2 atom stereocenters. The highest BCUT2D eigenvalue weighted by atomic mass is 16.3. The van der Waals surface area contributed by atoms with Crippen LogP contribution in [0, 0.1) is 5.92 Å². The summed E-state index contributed by atoms with van der Waals surface area (Å²) >= 11 is 0. The number of hydrogen-bond acceptors (Lipinski definition) is 4. The number of Topliss-reactive ketones (excluding diaryl/α,β-unsaturated/α-hetero) is 3. The Bertz CT molecular complexity index is 884. The third-order valence-corrected chi connectivity index (χ3v) is 5.50. The van der Waals surface area contributed by atoms with Crippen molar-refractivity contribution < 1.29 is 19.5 Å². The van der Waals surface area contributed by atoms with Crippen molar-refractivity contribution in [1.29, 1.82) is 0 Å². The average Bonchev–Trinajstić information content (AvgIpc) is 3.05. The Morgan fingerprint density at radius 1 is 1.04 bits per heavy atom. The monoisotopic (exact) mass is 334 g/mol. The highest BCUT2D eigenvalue weighted by Crippen LogP contribution is 2.45. The van der Waals surface area contributed by atoms with Crippen LogP contribution in [-0.4, -0.2) is 22.5 Å². The number of carbonyl (C=O) groups is 3. The van der Waals surface area contributed by atoms with E-state index in [1.807, 2.05) is 30.3 Å². The molecule has 4 rings (SSSR count). The van der Waals surface area contributed by atoms with E-state index in [9.17, 15) is 19.5 Å². The zero-order valence-electron chi connectivity index (χ0n) is 13.7. The van der Waals surface area contributed by atoms with Gasteiger partial charge in [0.15, 0.2) is 11.6 Å². The molecule has 1 fully saturated rings. The van der Waals surface area contributed by atoms with Gasteiger partial charge in [-0.05, 0) is 42.2 Å². The molecule has 25 heavy (non-hydrogen) atoms. The van der Waals surface area contributed by atoms with Gasteiger partial charge in [-0.2, -0.15) is 0 Å². The van der Waals surface area contributed by atoms with E-state index in [1.54, 1.807) is 12.1 Å². The lowest BCUT2D eigenvalue weighted by Gasteiger charge is -2.29. The summed E-state index contributed by atoms with van der Waals surface area (Å²) in [6, 6.07) is 14.1. The van der Waals surface area contributed by atoms with Gasteiger partial charge in [0, 0.05) is 17.9 Å². The van der Waals surface area contributed by atoms with Gasteiger partial charge in [0.05, 0.1) is 11.8 Å². The first kappa shape index (κ1) is 15.8. The summed E-state index contributed by atoms with van der Waals surface area (Å²) in [6.45, 7) is 0. The number of carbonyl (C=O) groups excluding carboxylic acids is 3. The molecular formula is C21H18O4. The Morgan fingerprint density at radius 2 is 1.80 bits per heavy atom. The number of rotatable bonds is 3. The summed E-state index contributed by atoms with van der Waals surface area (Å²) in [5.74, 6) is -0.355. The molecule has 0 amide bonds. The Balaban J connectivity index is 1.71. The molecule has 2 aromatic carbocycles. The van der Waals surface area contributed by atoms with Crippen LogP contribution >= 0.6 is 0 Å². The van der Waals surface area contributed by atoms with Gasteiger partial charge >= 0.3 is 0 Å². The lowest BCUT2D eigenvalue weighted by atomic mass is 9.71. The molecule has 0 heterocycles. The van der Waals surface area contributed by atoms with E-state index in [-0.39, 0.29) is 41.9 Å². The lowest BCUT2D eigenvalue weighted by Crippen LogP contribution is -2.35. The molecular weight excluding hydrogens is 316 g/mol. The normalized spacial score (nSPS) is 25.4. The molecule has 2 unspecified atom stereocenters. The largest absolute Gasteiger partial charge is 0.508 e. The molecule has 2 aromatic rings. The fourth-order valence-corrected chi connectivity index (χ4v) is 4.32. The molecule has 4 nitrogen and oxygen atoms in total. The minimum atomic E-state index is -0.900. The van der Waals surface area contributed by atoms with Crippen molar-refractivity contribution in [3.05, 3.63) is 65.2 Å². The van der Waals surface area contributed by atoms with Gasteiger partial charge < -0.3 is 5.11 Å². The smallest absolute Gasteiger partial charge is 0.166 e. The maximum atomic E-state index is 12.8. The van der Waals surface area contributed by atoms with Crippen LogP contribution < -0.4 is 0 Å². The van der Waals surface area contributed by atoms with E-state index in [0.717, 1.165) is 11.1 Å². The molecule has 1 N–H and O–H groups in total. The first-order valence-corrected chi connectivity index (χ1v) is 8.46. The number of phenols is 1. The summed E-state index contributed by atoms with van der Waals surface area (Å²) in [6.07, 6.45) is 0.958. The maximum Gasteiger partial charge on any atom is 0.166 e. The third-order valence-electron chi connectivity index (χ3n) is 5.50. The lowest BCUT2D eigenvalue weighted by molar-refractivity contribution is -0.123. The van der Waals surface area contributed by atoms with E-state index < -0.39 is 5.41 Å². The molecule has 2 aliphatic rings. The van der Waals surface area contributed by atoms with Crippen LogP contribution in [0.4, 0.5) is 0 Å². The molecule has 0 bridgehead atoms.